The molecular weight excluding hydrogens is 495 g/mol. The lowest BCUT2D eigenvalue weighted by atomic mass is 9.47. The molecule has 1 aliphatic rings. The molecule has 0 fully saturated rings. The minimum atomic E-state index is -1.79. The lowest BCUT2D eigenvalue weighted by Gasteiger charge is -2.60. The van der Waals surface area contributed by atoms with E-state index in [2.05, 4.69) is 31.2 Å². The fraction of sp³-hybridized carbons (Fsp3) is 0.172. The Morgan fingerprint density at radius 2 is 1.62 bits per heavy atom. The van der Waals surface area contributed by atoms with Gasteiger partial charge < -0.3 is 9.51 Å². The van der Waals surface area contributed by atoms with Crippen molar-refractivity contribution in [1.82, 2.24) is 30.1 Å². The Balaban J connectivity index is 1.88. The molecule has 0 aliphatic carbocycles. The highest BCUT2D eigenvalue weighted by molar-refractivity contribution is 5.86. The molecule has 0 radical (unpaired) electrons. The quantitative estimate of drug-likeness (QED) is 0.320. The maximum Gasteiger partial charge on any atom is 0.203 e. The van der Waals surface area contributed by atoms with Gasteiger partial charge in [-0.15, -0.1) is 0 Å². The Hall–Kier alpha value is -5.17. The van der Waals surface area contributed by atoms with E-state index in [0.29, 0.717) is 17.3 Å². The molecule has 3 atom stereocenters. The van der Waals surface area contributed by atoms with Gasteiger partial charge in [0.25, 0.3) is 0 Å². The third-order valence-electron chi connectivity index (χ3n) is 7.87. The molecule has 0 spiro atoms. The number of rotatable bonds is 5. The molecule has 0 bridgehead atoms. The molecule has 192 valence electrons. The first-order valence-corrected chi connectivity index (χ1v) is 12.3. The molecule has 1 N–H and O–H groups in total. The number of aromatic amines is 1. The summed E-state index contributed by atoms with van der Waals surface area (Å²) in [5, 5.41) is 15.5. The molecule has 0 amide bonds. The second kappa shape index (κ2) is 8.99. The van der Waals surface area contributed by atoms with E-state index in [9.17, 15) is 5.26 Å². The van der Waals surface area contributed by atoms with Gasteiger partial charge in [-0.1, -0.05) is 23.4 Å². The van der Waals surface area contributed by atoms with Crippen LogP contribution in [0.1, 0.15) is 36.8 Å². The zero-order chi connectivity index (χ0) is 27.1. The van der Waals surface area contributed by atoms with Crippen LogP contribution >= 0.6 is 0 Å². The van der Waals surface area contributed by atoms with Gasteiger partial charge in [0.1, 0.15) is 34.6 Å². The van der Waals surface area contributed by atoms with E-state index in [1.165, 1.54) is 11.2 Å². The van der Waals surface area contributed by atoms with Gasteiger partial charge in [-0.25, -0.2) is 9.97 Å². The SMILES string of the molecule is CC1(c2ncc[nH]2)N(c2ccccn2)C(F)=C(c2ccccn2)C(C#N)(c2ccon2)C1(C)c1ccccn1. The van der Waals surface area contributed by atoms with Gasteiger partial charge in [0.05, 0.1) is 28.4 Å². The summed E-state index contributed by atoms with van der Waals surface area (Å²) in [5.74, 6) is 0.0000767. The van der Waals surface area contributed by atoms with Gasteiger partial charge in [0.15, 0.2) is 0 Å². The van der Waals surface area contributed by atoms with Crippen molar-refractivity contribution in [1.29, 1.82) is 5.26 Å². The third kappa shape index (κ3) is 3.13. The van der Waals surface area contributed by atoms with Crippen LogP contribution in [0.25, 0.3) is 5.57 Å². The fourth-order valence-corrected chi connectivity index (χ4v) is 5.92. The minimum absolute atomic E-state index is 0.0161. The number of hydrogen-bond donors (Lipinski definition) is 1. The van der Waals surface area contributed by atoms with Crippen molar-refractivity contribution >= 4 is 11.4 Å². The Bertz CT molecular complexity index is 1650. The summed E-state index contributed by atoms with van der Waals surface area (Å²) in [5.41, 5.74) is -3.56. The zero-order valence-electron chi connectivity index (χ0n) is 21.2. The number of anilines is 1. The largest absolute Gasteiger partial charge is 0.364 e. The van der Waals surface area contributed by atoms with E-state index in [1.807, 2.05) is 26.0 Å². The van der Waals surface area contributed by atoms with Gasteiger partial charge in [0.2, 0.25) is 5.95 Å². The highest BCUT2D eigenvalue weighted by atomic mass is 19.1. The second-order valence-electron chi connectivity index (χ2n) is 9.50. The number of pyridine rings is 3. The number of aromatic nitrogens is 6. The van der Waals surface area contributed by atoms with Crippen molar-refractivity contribution in [3.8, 4) is 6.07 Å². The molecule has 6 heterocycles. The number of H-pyrrole nitrogens is 1. The molecular formula is C29H23FN8O. The summed E-state index contributed by atoms with van der Waals surface area (Å²) in [6, 6.07) is 19.9. The summed E-state index contributed by atoms with van der Waals surface area (Å²) in [4.78, 5) is 23.1. The van der Waals surface area contributed by atoms with Crippen LogP contribution in [-0.2, 0) is 16.4 Å². The summed E-state index contributed by atoms with van der Waals surface area (Å²) in [7, 11) is 0. The Morgan fingerprint density at radius 3 is 2.18 bits per heavy atom. The lowest BCUT2D eigenvalue weighted by molar-refractivity contribution is 0.151. The zero-order valence-corrected chi connectivity index (χ0v) is 21.2. The van der Waals surface area contributed by atoms with Crippen LogP contribution < -0.4 is 4.90 Å². The van der Waals surface area contributed by atoms with Gasteiger partial charge in [0, 0.05) is 37.1 Å². The first kappa shape index (κ1) is 24.2. The number of allylic oxidation sites excluding steroid dienone is 1. The number of hydrogen-bond acceptors (Lipinski definition) is 8. The number of imidazole rings is 1. The first-order valence-electron chi connectivity index (χ1n) is 12.3. The van der Waals surface area contributed by atoms with Gasteiger partial charge in [-0.3, -0.25) is 14.9 Å². The summed E-state index contributed by atoms with van der Waals surface area (Å²) < 4.78 is 22.8. The average molecular weight is 519 g/mol. The van der Waals surface area contributed by atoms with E-state index >= 15 is 4.39 Å². The number of nitrogens with one attached hydrogen (secondary N) is 1. The van der Waals surface area contributed by atoms with Crippen molar-refractivity contribution in [2.75, 3.05) is 4.90 Å². The van der Waals surface area contributed by atoms with Crippen molar-refractivity contribution in [2.45, 2.75) is 30.2 Å². The average Bonchev–Trinajstić information content (AvgIpc) is 3.72. The van der Waals surface area contributed by atoms with Crippen LogP contribution in [0, 0.1) is 11.3 Å². The highest BCUT2D eigenvalue weighted by Crippen LogP contribution is 2.65. The molecule has 5 aromatic heterocycles. The van der Waals surface area contributed by atoms with E-state index in [0.717, 1.165) is 0 Å². The fourth-order valence-electron chi connectivity index (χ4n) is 5.92. The number of nitrogens with zero attached hydrogens (tertiary/aromatic N) is 7. The van der Waals surface area contributed by atoms with Crippen LogP contribution in [-0.4, -0.2) is 30.1 Å². The Morgan fingerprint density at radius 1 is 0.872 bits per heavy atom. The predicted octanol–water partition coefficient (Wildman–Crippen LogP) is 5.08. The molecule has 1 aliphatic heterocycles. The maximum atomic E-state index is 17.6. The van der Waals surface area contributed by atoms with Gasteiger partial charge in [-0.2, -0.15) is 9.65 Å². The molecule has 0 aromatic carbocycles. The summed E-state index contributed by atoms with van der Waals surface area (Å²) in [6.45, 7) is 3.71. The molecule has 10 heteroatoms. The molecule has 0 saturated carbocycles. The summed E-state index contributed by atoms with van der Waals surface area (Å²) >= 11 is 0. The molecule has 6 rings (SSSR count). The van der Waals surface area contributed by atoms with Crippen molar-refractivity contribution in [3.05, 3.63) is 127 Å². The lowest BCUT2D eigenvalue weighted by Crippen LogP contribution is -2.69. The van der Waals surface area contributed by atoms with Gasteiger partial charge >= 0.3 is 0 Å². The van der Waals surface area contributed by atoms with Gasteiger partial charge in [-0.05, 0) is 50.2 Å². The smallest absolute Gasteiger partial charge is 0.203 e. The van der Waals surface area contributed by atoms with Crippen LogP contribution in [0.3, 0.4) is 0 Å². The molecule has 9 nitrogen and oxygen atoms in total. The number of nitriles is 1. The maximum absolute atomic E-state index is 17.6. The van der Waals surface area contributed by atoms with Crippen LogP contribution in [0.5, 0.6) is 0 Å². The normalized spacial score (nSPS) is 24.9. The molecule has 3 unspecified atom stereocenters. The van der Waals surface area contributed by atoms with E-state index < -0.39 is 22.3 Å². The standard InChI is InChI=1S/C29H23FN8O/c1-27(21-10-4-7-14-33-21)28(2,26-35-16-17-36-26)38(23-11-5-8-15-34-23)25(30)24(20-9-3-6-13-32-20)29(27,19-31)22-12-18-39-37-22/h3-18H,1-2H3,(H,35,36). The topological polar surface area (TPSA) is 120 Å². The highest BCUT2D eigenvalue weighted by Gasteiger charge is 2.72. The molecule has 5 aromatic rings. The Kier molecular flexibility index (Phi) is 5.57. The van der Waals surface area contributed by atoms with Crippen LogP contribution in [0.4, 0.5) is 10.2 Å². The monoisotopic (exact) mass is 518 g/mol. The van der Waals surface area contributed by atoms with Crippen LogP contribution in [0.15, 0.2) is 108 Å². The van der Waals surface area contributed by atoms with Crippen molar-refractivity contribution in [2.24, 2.45) is 0 Å². The second-order valence-corrected chi connectivity index (χ2v) is 9.50. The van der Waals surface area contributed by atoms with Crippen molar-refractivity contribution in [3.63, 3.8) is 0 Å². The molecule has 39 heavy (non-hydrogen) atoms. The van der Waals surface area contributed by atoms with E-state index in [4.69, 9.17) is 9.51 Å². The Labute approximate surface area is 223 Å². The predicted molar refractivity (Wildman–Crippen MR) is 140 cm³/mol. The third-order valence-corrected chi connectivity index (χ3v) is 7.87. The number of halogens is 1. The minimum Gasteiger partial charge on any atom is -0.364 e. The van der Waals surface area contributed by atoms with Crippen LogP contribution in [0.2, 0.25) is 0 Å². The van der Waals surface area contributed by atoms with E-state index in [1.54, 1.807) is 79.5 Å². The summed E-state index contributed by atoms with van der Waals surface area (Å²) in [6.07, 6.45) is 9.43. The van der Waals surface area contributed by atoms with Crippen molar-refractivity contribution < 1.29 is 8.91 Å². The first-order chi connectivity index (χ1) is 19.0. The van der Waals surface area contributed by atoms with E-state index in [-0.39, 0.29) is 17.0 Å². The molecule has 0 saturated heterocycles.